The van der Waals surface area contributed by atoms with E-state index in [2.05, 4.69) is 0 Å². The van der Waals surface area contributed by atoms with Gasteiger partial charge in [0, 0.05) is 0 Å². The Morgan fingerprint density at radius 1 is 1.12 bits per heavy atom. The number of hydrogen-bond donors (Lipinski definition) is 2. The van der Waals surface area contributed by atoms with Gasteiger partial charge in [-0.05, 0) is 45.9 Å². The Balaban J connectivity index is 1.98. The van der Waals surface area contributed by atoms with Crippen molar-refractivity contribution in [2.24, 2.45) is 0 Å². The van der Waals surface area contributed by atoms with Gasteiger partial charge in [-0.15, -0.1) is 0 Å². The molecule has 0 aliphatic carbocycles. The summed E-state index contributed by atoms with van der Waals surface area (Å²) in [6.07, 6.45) is -2.09. The Bertz CT molecular complexity index is 853. The number of sulfone groups is 1. The molecule has 0 aromatic heterocycles. The number of nitrogens with zero attached hydrogens (tertiary/aromatic N) is 1. The second-order valence-corrected chi connectivity index (χ2v) is 9.64. The van der Waals surface area contributed by atoms with Crippen molar-refractivity contribution in [3.05, 3.63) is 40.8 Å². The lowest BCUT2D eigenvalue weighted by Crippen LogP contribution is -2.43. The third-order valence-corrected chi connectivity index (χ3v) is 6.41. The number of benzene rings is 1. The van der Waals surface area contributed by atoms with Gasteiger partial charge in [0.05, 0.1) is 15.8 Å². The largest absolute Gasteiger partial charge is 0.444 e. The van der Waals surface area contributed by atoms with Crippen LogP contribution < -0.4 is 0 Å². The van der Waals surface area contributed by atoms with Gasteiger partial charge >= 0.3 is 6.09 Å². The highest BCUT2D eigenvalue weighted by Crippen LogP contribution is 2.42. The number of carbonyl (C=O) groups excluding carboxylic acids is 1. The highest BCUT2D eigenvalue weighted by atomic mass is 32.2. The normalized spacial score (nSPS) is 28.2. The Kier molecular flexibility index (Phi) is 4.41. The number of rotatable bonds is 2. The number of amides is 1. The maximum absolute atomic E-state index is 13.0. The first-order valence-corrected chi connectivity index (χ1v) is 9.83. The highest BCUT2D eigenvalue weighted by Gasteiger charge is 2.58. The van der Waals surface area contributed by atoms with Crippen LogP contribution in [-0.2, 0) is 14.6 Å². The lowest BCUT2D eigenvalue weighted by molar-refractivity contribution is 0.0188. The minimum absolute atomic E-state index is 0.0766. The molecule has 1 aromatic rings. The SMILES string of the molecule is Cc1ccc(S(=O)(=O)C2=C[C@@H]3[C@@H](O)[C@@H](O)[C@H]2N3C(=O)OC(C)(C)C)cc1. The summed E-state index contributed by atoms with van der Waals surface area (Å²) < 4.78 is 31.3. The van der Waals surface area contributed by atoms with Gasteiger partial charge in [0.15, 0.2) is 0 Å². The van der Waals surface area contributed by atoms with Crippen molar-refractivity contribution in [1.29, 1.82) is 0 Å². The standard InChI is InChI=1S/C18H23NO6S/c1-10-5-7-11(8-6-10)26(23,24)13-9-12-15(20)16(21)14(13)19(12)17(22)25-18(2,3)4/h5-9,12,14-16,20-21H,1-4H3/t12-,14+,15-,16+/m1/s1. The Morgan fingerprint density at radius 2 is 1.69 bits per heavy atom. The molecule has 8 heteroatoms. The molecule has 0 saturated carbocycles. The van der Waals surface area contributed by atoms with Gasteiger partial charge < -0.3 is 14.9 Å². The summed E-state index contributed by atoms with van der Waals surface area (Å²) in [5, 5.41) is 20.5. The van der Waals surface area contributed by atoms with E-state index in [1.54, 1.807) is 32.9 Å². The van der Waals surface area contributed by atoms with E-state index in [9.17, 15) is 23.4 Å². The molecule has 1 amide bonds. The van der Waals surface area contributed by atoms with Crippen LogP contribution in [0.25, 0.3) is 0 Å². The Hall–Kier alpha value is -1.90. The van der Waals surface area contributed by atoms with Crippen molar-refractivity contribution >= 4 is 15.9 Å². The van der Waals surface area contributed by atoms with Gasteiger partial charge in [-0.2, -0.15) is 0 Å². The minimum Gasteiger partial charge on any atom is -0.444 e. The average Bonchev–Trinajstić information content (AvgIpc) is 3.02. The van der Waals surface area contributed by atoms with E-state index < -0.39 is 45.8 Å². The van der Waals surface area contributed by atoms with Gasteiger partial charge in [-0.1, -0.05) is 17.7 Å². The van der Waals surface area contributed by atoms with Crippen LogP contribution >= 0.6 is 0 Å². The zero-order chi connectivity index (χ0) is 19.4. The molecule has 4 atom stereocenters. The molecule has 3 rings (SSSR count). The first-order chi connectivity index (χ1) is 11.9. The van der Waals surface area contributed by atoms with Crippen LogP contribution in [0, 0.1) is 6.92 Å². The smallest absolute Gasteiger partial charge is 0.411 e. The lowest BCUT2D eigenvalue weighted by Gasteiger charge is -2.28. The first-order valence-electron chi connectivity index (χ1n) is 8.34. The van der Waals surface area contributed by atoms with Gasteiger partial charge in [-0.3, -0.25) is 4.90 Å². The zero-order valence-corrected chi connectivity index (χ0v) is 15.9. The monoisotopic (exact) mass is 381 g/mol. The van der Waals surface area contributed by atoms with E-state index in [0.29, 0.717) is 0 Å². The summed E-state index contributed by atoms with van der Waals surface area (Å²) in [6, 6.07) is 4.21. The second kappa shape index (κ2) is 6.07. The molecule has 0 unspecified atom stereocenters. The number of aryl methyl sites for hydroxylation is 1. The summed E-state index contributed by atoms with van der Waals surface area (Å²) in [5.41, 5.74) is 0.127. The zero-order valence-electron chi connectivity index (χ0n) is 15.1. The third-order valence-electron chi connectivity index (χ3n) is 4.52. The lowest BCUT2D eigenvalue weighted by atomic mass is 10.0. The van der Waals surface area contributed by atoms with Crippen molar-refractivity contribution in [2.45, 2.75) is 62.5 Å². The molecule has 1 saturated heterocycles. The summed E-state index contributed by atoms with van der Waals surface area (Å²) in [7, 11) is -3.91. The van der Waals surface area contributed by atoms with E-state index in [-0.39, 0.29) is 9.80 Å². The molecule has 26 heavy (non-hydrogen) atoms. The fourth-order valence-electron chi connectivity index (χ4n) is 3.31. The van der Waals surface area contributed by atoms with Gasteiger partial charge in [-0.25, -0.2) is 13.2 Å². The molecule has 142 valence electrons. The molecule has 2 bridgehead atoms. The maximum Gasteiger partial charge on any atom is 0.411 e. The van der Waals surface area contributed by atoms with Crippen LogP contribution in [-0.4, -0.2) is 59.5 Å². The molecule has 0 radical (unpaired) electrons. The third kappa shape index (κ3) is 3.02. The van der Waals surface area contributed by atoms with Crippen LogP contribution in [0.15, 0.2) is 40.1 Å². The number of aliphatic hydroxyl groups excluding tert-OH is 2. The molecular weight excluding hydrogens is 358 g/mol. The number of hydrogen-bond acceptors (Lipinski definition) is 6. The molecule has 0 spiro atoms. The summed E-state index contributed by atoms with van der Waals surface area (Å²) in [5.74, 6) is 0. The van der Waals surface area contributed by atoms with E-state index in [1.807, 2.05) is 6.92 Å². The topological polar surface area (TPSA) is 104 Å². The predicted molar refractivity (Wildman–Crippen MR) is 94.1 cm³/mol. The molecule has 1 aromatic carbocycles. The summed E-state index contributed by atoms with van der Waals surface area (Å²) in [6.45, 7) is 6.91. The number of aliphatic hydroxyl groups is 2. The molecular formula is C18H23NO6S. The van der Waals surface area contributed by atoms with Crippen molar-refractivity contribution in [2.75, 3.05) is 0 Å². The fraction of sp³-hybridized carbons (Fsp3) is 0.500. The second-order valence-electron chi connectivity index (χ2n) is 7.69. The number of fused-ring (bicyclic) bond motifs is 2. The van der Waals surface area contributed by atoms with Crippen LogP contribution in [0.5, 0.6) is 0 Å². The predicted octanol–water partition coefficient (Wildman–Crippen LogP) is 1.38. The van der Waals surface area contributed by atoms with Crippen molar-refractivity contribution in [1.82, 2.24) is 4.90 Å². The van der Waals surface area contributed by atoms with Crippen LogP contribution in [0.4, 0.5) is 4.79 Å². The molecule has 2 N–H and O–H groups in total. The van der Waals surface area contributed by atoms with Gasteiger partial charge in [0.2, 0.25) is 9.84 Å². The average molecular weight is 381 g/mol. The quantitative estimate of drug-likeness (QED) is 0.802. The Labute approximate surface area is 152 Å². The number of carbonyl (C=O) groups is 1. The highest BCUT2D eigenvalue weighted by molar-refractivity contribution is 7.95. The van der Waals surface area contributed by atoms with E-state index in [1.165, 1.54) is 18.2 Å². The van der Waals surface area contributed by atoms with E-state index in [4.69, 9.17) is 4.74 Å². The Morgan fingerprint density at radius 3 is 2.23 bits per heavy atom. The summed E-state index contributed by atoms with van der Waals surface area (Å²) in [4.78, 5) is 13.6. The van der Waals surface area contributed by atoms with Gasteiger partial charge in [0.1, 0.15) is 23.9 Å². The maximum atomic E-state index is 13.0. The molecule has 2 aliphatic heterocycles. The van der Waals surface area contributed by atoms with E-state index >= 15 is 0 Å². The summed E-state index contributed by atoms with van der Waals surface area (Å²) >= 11 is 0. The molecule has 2 heterocycles. The van der Waals surface area contributed by atoms with Crippen molar-refractivity contribution in [3.63, 3.8) is 0 Å². The van der Waals surface area contributed by atoms with Crippen molar-refractivity contribution in [3.8, 4) is 0 Å². The molecule has 7 nitrogen and oxygen atoms in total. The number of ether oxygens (including phenoxy) is 1. The van der Waals surface area contributed by atoms with Crippen LogP contribution in [0.2, 0.25) is 0 Å². The van der Waals surface area contributed by atoms with Gasteiger partial charge in [0.25, 0.3) is 0 Å². The fourth-order valence-corrected chi connectivity index (χ4v) is 4.96. The van der Waals surface area contributed by atoms with Crippen molar-refractivity contribution < 1.29 is 28.2 Å². The minimum atomic E-state index is -3.91. The molecule has 1 fully saturated rings. The van der Waals surface area contributed by atoms with Crippen LogP contribution in [0.3, 0.4) is 0 Å². The molecule has 2 aliphatic rings. The van der Waals surface area contributed by atoms with Crippen LogP contribution in [0.1, 0.15) is 26.3 Å². The van der Waals surface area contributed by atoms with E-state index in [0.717, 1.165) is 10.5 Å². The first kappa shape index (κ1) is 18.9.